The van der Waals surface area contributed by atoms with Crippen molar-refractivity contribution in [2.24, 2.45) is 0 Å². The molecule has 0 spiro atoms. The molecule has 5 rings (SSSR count). The quantitative estimate of drug-likeness (QED) is 0.468. The highest BCUT2D eigenvalue weighted by Crippen LogP contribution is 2.43. The largest absolute Gasteiger partial charge is 0.484 e. The van der Waals surface area contributed by atoms with Crippen molar-refractivity contribution in [3.05, 3.63) is 83.7 Å². The summed E-state index contributed by atoms with van der Waals surface area (Å²) in [4.78, 5) is 9.09. The van der Waals surface area contributed by atoms with E-state index in [2.05, 4.69) is 21.4 Å². The third-order valence-electron chi connectivity index (χ3n) is 5.57. The van der Waals surface area contributed by atoms with E-state index in [1.165, 1.54) is 11.3 Å². The average Bonchev–Trinajstić information content (AvgIpc) is 3.22. The second-order valence-electron chi connectivity index (χ2n) is 8.24. The van der Waals surface area contributed by atoms with Crippen molar-refractivity contribution in [3.8, 4) is 17.0 Å². The van der Waals surface area contributed by atoms with Gasteiger partial charge in [-0.3, -0.25) is 4.98 Å². The number of thiazole rings is 1. The van der Waals surface area contributed by atoms with Crippen LogP contribution in [0.1, 0.15) is 36.7 Å². The van der Waals surface area contributed by atoms with E-state index in [1.807, 2.05) is 68.4 Å². The van der Waals surface area contributed by atoms with Crippen LogP contribution < -0.4 is 14.8 Å². The molecule has 32 heavy (non-hydrogen) atoms. The molecule has 1 N–H and O–H groups in total. The zero-order valence-electron chi connectivity index (χ0n) is 17.8. The van der Waals surface area contributed by atoms with Crippen molar-refractivity contribution in [3.63, 3.8) is 0 Å². The van der Waals surface area contributed by atoms with Gasteiger partial charge in [0.05, 0.1) is 33.6 Å². The molecule has 2 aromatic heterocycles. The lowest BCUT2D eigenvalue weighted by Crippen LogP contribution is -2.55. The number of aromatic nitrogens is 2. The standard InChI is InChI=1S/C25H22N4O2S/c1-25(2)23(30-24-29-19-8-3-4-9-21(19)32-24)22(28-15-17-7-5-6-12-27-17)18-13-16(14-26)10-11-20(18)31-25/h3-13,22-23,28H,15H2,1-2H3/t22-,23+/m0/s1. The minimum atomic E-state index is -0.638. The fourth-order valence-corrected chi connectivity index (χ4v) is 4.86. The molecule has 3 heterocycles. The van der Waals surface area contributed by atoms with Crippen molar-refractivity contribution in [2.75, 3.05) is 0 Å². The summed E-state index contributed by atoms with van der Waals surface area (Å²) in [5.74, 6) is 0.747. The van der Waals surface area contributed by atoms with E-state index in [0.29, 0.717) is 17.3 Å². The highest BCUT2D eigenvalue weighted by molar-refractivity contribution is 7.20. The number of nitrogens with zero attached hydrogens (tertiary/aromatic N) is 3. The Morgan fingerprint density at radius 2 is 2.00 bits per heavy atom. The summed E-state index contributed by atoms with van der Waals surface area (Å²) < 4.78 is 13.9. The normalized spacial score (nSPS) is 19.0. The highest BCUT2D eigenvalue weighted by atomic mass is 32.1. The molecule has 0 radical (unpaired) electrons. The predicted molar refractivity (Wildman–Crippen MR) is 124 cm³/mol. The first kappa shape index (κ1) is 20.4. The van der Waals surface area contributed by atoms with Gasteiger partial charge in [-0.2, -0.15) is 5.26 Å². The molecule has 0 amide bonds. The molecule has 6 nitrogen and oxygen atoms in total. The SMILES string of the molecule is CC1(C)Oc2ccc(C#N)cc2[C@H](NCc2ccccn2)[C@H]1Oc1nc2ccccc2s1. The monoisotopic (exact) mass is 442 g/mol. The summed E-state index contributed by atoms with van der Waals surface area (Å²) in [6.45, 7) is 4.58. The number of benzene rings is 2. The van der Waals surface area contributed by atoms with Gasteiger partial charge in [0.1, 0.15) is 11.4 Å². The summed E-state index contributed by atoms with van der Waals surface area (Å²) in [6.07, 6.45) is 1.40. The van der Waals surface area contributed by atoms with Crippen molar-refractivity contribution in [1.82, 2.24) is 15.3 Å². The zero-order chi connectivity index (χ0) is 22.1. The number of nitrogens with one attached hydrogen (secondary N) is 1. The fraction of sp³-hybridized carbons (Fsp3) is 0.240. The minimum Gasteiger partial charge on any atom is -0.484 e. The second kappa shape index (κ2) is 8.23. The van der Waals surface area contributed by atoms with Gasteiger partial charge in [0, 0.05) is 18.3 Å². The Hall–Kier alpha value is -3.47. The number of hydrogen-bond donors (Lipinski definition) is 1. The highest BCUT2D eigenvalue weighted by Gasteiger charge is 2.46. The van der Waals surface area contributed by atoms with E-state index in [4.69, 9.17) is 9.47 Å². The summed E-state index contributed by atoms with van der Waals surface area (Å²) >= 11 is 1.52. The maximum absolute atomic E-state index is 9.46. The number of pyridine rings is 1. The van der Waals surface area contributed by atoms with Crippen LogP contribution in [0.15, 0.2) is 66.9 Å². The van der Waals surface area contributed by atoms with Crippen LogP contribution in [0.5, 0.6) is 10.9 Å². The average molecular weight is 443 g/mol. The minimum absolute atomic E-state index is 0.226. The Morgan fingerprint density at radius 3 is 2.78 bits per heavy atom. The number of para-hydroxylation sites is 1. The van der Waals surface area contributed by atoms with Gasteiger partial charge >= 0.3 is 0 Å². The molecular formula is C25H22N4O2S. The van der Waals surface area contributed by atoms with Crippen LogP contribution >= 0.6 is 11.3 Å². The van der Waals surface area contributed by atoms with Crippen molar-refractivity contribution >= 4 is 21.6 Å². The second-order valence-corrected chi connectivity index (χ2v) is 9.23. The molecule has 1 aliphatic heterocycles. The molecule has 160 valence electrons. The Labute approximate surface area is 190 Å². The number of hydrogen-bond acceptors (Lipinski definition) is 7. The first-order valence-corrected chi connectivity index (χ1v) is 11.2. The first-order valence-electron chi connectivity index (χ1n) is 10.4. The molecule has 2 aromatic carbocycles. The number of nitriles is 1. The van der Waals surface area contributed by atoms with Gasteiger partial charge in [0.15, 0.2) is 6.10 Å². The Balaban J connectivity index is 1.53. The fourth-order valence-electron chi connectivity index (χ4n) is 4.01. The molecule has 0 fully saturated rings. The maximum atomic E-state index is 9.46. The third-order valence-corrected chi connectivity index (χ3v) is 6.49. The van der Waals surface area contributed by atoms with Gasteiger partial charge < -0.3 is 14.8 Å². The Kier molecular flexibility index (Phi) is 5.25. The molecule has 0 bridgehead atoms. The van der Waals surface area contributed by atoms with E-state index >= 15 is 0 Å². The third kappa shape index (κ3) is 3.91. The molecular weight excluding hydrogens is 420 g/mol. The van der Waals surface area contributed by atoms with Gasteiger partial charge in [0.2, 0.25) is 0 Å². The van der Waals surface area contributed by atoms with E-state index < -0.39 is 5.60 Å². The van der Waals surface area contributed by atoms with Crippen LogP contribution in [-0.2, 0) is 6.54 Å². The summed E-state index contributed by atoms with van der Waals surface area (Å²) in [5, 5.41) is 13.7. The Morgan fingerprint density at radius 1 is 1.16 bits per heavy atom. The van der Waals surface area contributed by atoms with Crippen LogP contribution in [0.3, 0.4) is 0 Å². The lowest BCUT2D eigenvalue weighted by atomic mass is 9.85. The number of ether oxygens (including phenoxy) is 2. The van der Waals surface area contributed by atoms with Crippen molar-refractivity contribution < 1.29 is 9.47 Å². The molecule has 0 saturated carbocycles. The lowest BCUT2D eigenvalue weighted by molar-refractivity contribution is -0.0503. The van der Waals surface area contributed by atoms with Crippen molar-refractivity contribution in [1.29, 1.82) is 5.26 Å². The molecule has 0 aliphatic carbocycles. The molecule has 2 atom stereocenters. The molecule has 0 unspecified atom stereocenters. The van der Waals surface area contributed by atoms with Crippen LogP contribution in [0.2, 0.25) is 0 Å². The van der Waals surface area contributed by atoms with E-state index in [9.17, 15) is 5.26 Å². The van der Waals surface area contributed by atoms with Gasteiger partial charge in [0.25, 0.3) is 5.19 Å². The smallest absolute Gasteiger partial charge is 0.274 e. The van der Waals surface area contributed by atoms with Crippen LogP contribution in [0.25, 0.3) is 10.2 Å². The van der Waals surface area contributed by atoms with Gasteiger partial charge in [-0.05, 0) is 56.3 Å². The maximum Gasteiger partial charge on any atom is 0.274 e. The van der Waals surface area contributed by atoms with Gasteiger partial charge in [-0.25, -0.2) is 4.98 Å². The van der Waals surface area contributed by atoms with Crippen LogP contribution in [0, 0.1) is 11.3 Å². The van der Waals surface area contributed by atoms with Crippen LogP contribution in [0.4, 0.5) is 0 Å². The Bertz CT molecular complexity index is 1260. The summed E-state index contributed by atoms with van der Waals surface area (Å²) in [7, 11) is 0. The van der Waals surface area contributed by atoms with E-state index in [1.54, 1.807) is 12.3 Å². The lowest BCUT2D eigenvalue weighted by Gasteiger charge is -2.44. The van der Waals surface area contributed by atoms with Gasteiger partial charge in [-0.1, -0.05) is 29.5 Å². The number of fused-ring (bicyclic) bond motifs is 2. The van der Waals surface area contributed by atoms with E-state index in [-0.39, 0.29) is 12.1 Å². The summed E-state index contributed by atoms with van der Waals surface area (Å²) in [5.41, 5.74) is 2.67. The van der Waals surface area contributed by atoms with Crippen molar-refractivity contribution in [2.45, 2.75) is 38.1 Å². The first-order chi connectivity index (χ1) is 15.5. The topological polar surface area (TPSA) is 80.1 Å². The molecule has 7 heteroatoms. The van der Waals surface area contributed by atoms with E-state index in [0.717, 1.165) is 27.2 Å². The predicted octanol–water partition coefficient (Wildman–Crippen LogP) is 5.01. The molecule has 1 aliphatic rings. The summed E-state index contributed by atoms with van der Waals surface area (Å²) in [6, 6.07) is 21.3. The molecule has 4 aromatic rings. The van der Waals surface area contributed by atoms with Gasteiger partial charge in [-0.15, -0.1) is 0 Å². The zero-order valence-corrected chi connectivity index (χ0v) is 18.6. The molecule has 0 saturated heterocycles. The van der Waals surface area contributed by atoms with Crippen LogP contribution in [-0.4, -0.2) is 21.7 Å². The number of rotatable bonds is 5.